The molecule has 1 saturated heterocycles. The summed E-state index contributed by atoms with van der Waals surface area (Å²) in [5.41, 5.74) is 2.19. The van der Waals surface area contributed by atoms with Gasteiger partial charge in [-0.15, -0.1) is 0 Å². The number of benzene rings is 2. The normalized spacial score (nSPS) is 15.2. The molecule has 0 spiro atoms. The van der Waals surface area contributed by atoms with Crippen LogP contribution in [0.25, 0.3) is 0 Å². The summed E-state index contributed by atoms with van der Waals surface area (Å²) in [6.07, 6.45) is 0. The fraction of sp³-hybridized carbons (Fsp3) is 0.316. The number of carbonyl (C=O) groups excluding carboxylic acids is 1. The fourth-order valence-electron chi connectivity index (χ4n) is 3.03. The molecule has 3 rings (SSSR count). The van der Waals surface area contributed by atoms with Crippen LogP contribution in [0.4, 0.5) is 15.8 Å². The lowest BCUT2D eigenvalue weighted by atomic mass is 10.2. The standard InChI is InChI=1S/C19H21ClFN3O/c1-14-5-6-16(12-18(14)21)22-19(25)13-23-7-9-24(10-8-23)17-4-2-3-15(20)11-17/h2-6,11-12H,7-10,13H2,1H3,(H,22,25)/p+1. The number of nitrogens with zero attached hydrogens (tertiary/aromatic N) is 1. The van der Waals surface area contributed by atoms with E-state index in [1.165, 1.54) is 11.0 Å². The van der Waals surface area contributed by atoms with E-state index in [4.69, 9.17) is 11.6 Å². The second-order valence-electron chi connectivity index (χ2n) is 6.41. The maximum absolute atomic E-state index is 13.5. The zero-order valence-electron chi connectivity index (χ0n) is 14.2. The predicted octanol–water partition coefficient (Wildman–Crippen LogP) is 2.13. The third-order valence-corrected chi connectivity index (χ3v) is 4.75. The van der Waals surface area contributed by atoms with E-state index in [0.29, 0.717) is 17.8 Å². The summed E-state index contributed by atoms with van der Waals surface area (Å²) in [6.45, 7) is 5.60. The van der Waals surface area contributed by atoms with E-state index < -0.39 is 0 Å². The first-order chi connectivity index (χ1) is 12.0. The molecule has 2 aromatic carbocycles. The minimum atomic E-state index is -0.305. The van der Waals surface area contributed by atoms with Crippen LogP contribution in [-0.4, -0.2) is 38.6 Å². The van der Waals surface area contributed by atoms with E-state index in [0.717, 1.165) is 36.9 Å². The van der Waals surface area contributed by atoms with Gasteiger partial charge in [-0.1, -0.05) is 23.7 Å². The highest BCUT2D eigenvalue weighted by Gasteiger charge is 2.22. The van der Waals surface area contributed by atoms with Crippen molar-refractivity contribution in [1.29, 1.82) is 0 Å². The van der Waals surface area contributed by atoms with E-state index >= 15 is 0 Å². The van der Waals surface area contributed by atoms with Crippen molar-refractivity contribution in [2.75, 3.05) is 42.9 Å². The van der Waals surface area contributed by atoms with Gasteiger partial charge in [0.05, 0.1) is 26.2 Å². The average molecular weight is 363 g/mol. The number of carbonyl (C=O) groups is 1. The summed E-state index contributed by atoms with van der Waals surface area (Å²) < 4.78 is 13.5. The van der Waals surface area contributed by atoms with E-state index in [2.05, 4.69) is 16.3 Å². The Morgan fingerprint density at radius 1 is 1.24 bits per heavy atom. The van der Waals surface area contributed by atoms with Crippen LogP contribution in [0.2, 0.25) is 5.02 Å². The van der Waals surface area contributed by atoms with Crippen LogP contribution in [0, 0.1) is 12.7 Å². The Balaban J connectivity index is 1.50. The van der Waals surface area contributed by atoms with Crippen molar-refractivity contribution in [3.63, 3.8) is 0 Å². The molecule has 2 aromatic rings. The number of hydrogen-bond acceptors (Lipinski definition) is 2. The first-order valence-electron chi connectivity index (χ1n) is 8.41. The van der Waals surface area contributed by atoms with Gasteiger partial charge in [0.25, 0.3) is 5.91 Å². The molecule has 0 bridgehead atoms. The Hall–Kier alpha value is -2.11. The number of halogens is 2. The van der Waals surface area contributed by atoms with Crippen LogP contribution >= 0.6 is 11.6 Å². The molecule has 1 aliphatic rings. The molecule has 0 aliphatic carbocycles. The highest BCUT2D eigenvalue weighted by Crippen LogP contribution is 2.19. The Labute approximate surface area is 152 Å². The molecule has 2 N–H and O–H groups in total. The van der Waals surface area contributed by atoms with Crippen molar-refractivity contribution >= 4 is 28.9 Å². The maximum Gasteiger partial charge on any atom is 0.279 e. The molecule has 4 nitrogen and oxygen atoms in total. The molecule has 0 aromatic heterocycles. The first-order valence-corrected chi connectivity index (χ1v) is 8.79. The van der Waals surface area contributed by atoms with Gasteiger partial charge in [0.1, 0.15) is 5.82 Å². The van der Waals surface area contributed by atoms with Crippen LogP contribution in [0.3, 0.4) is 0 Å². The molecule has 0 unspecified atom stereocenters. The van der Waals surface area contributed by atoms with Gasteiger partial charge in [0, 0.05) is 16.4 Å². The Bertz CT molecular complexity index is 760. The molecule has 1 fully saturated rings. The summed E-state index contributed by atoms with van der Waals surface area (Å²) in [6, 6.07) is 12.6. The summed E-state index contributed by atoms with van der Waals surface area (Å²) in [5, 5.41) is 3.51. The zero-order chi connectivity index (χ0) is 17.8. The molecule has 132 valence electrons. The minimum absolute atomic E-state index is 0.0885. The predicted molar refractivity (Wildman–Crippen MR) is 99.0 cm³/mol. The Morgan fingerprint density at radius 2 is 2.00 bits per heavy atom. The van der Waals surface area contributed by atoms with Crippen LogP contribution in [-0.2, 0) is 4.79 Å². The van der Waals surface area contributed by atoms with Crippen molar-refractivity contribution in [2.45, 2.75) is 6.92 Å². The molecule has 0 radical (unpaired) electrons. The molecule has 1 heterocycles. The number of quaternary nitrogens is 1. The quantitative estimate of drug-likeness (QED) is 0.874. The number of piperazine rings is 1. The molecule has 25 heavy (non-hydrogen) atoms. The van der Waals surface area contributed by atoms with Crippen LogP contribution in [0.1, 0.15) is 5.56 Å². The number of nitrogens with one attached hydrogen (secondary N) is 2. The summed E-state index contributed by atoms with van der Waals surface area (Å²) in [5.74, 6) is -0.394. The topological polar surface area (TPSA) is 36.8 Å². The third kappa shape index (κ3) is 4.71. The second-order valence-corrected chi connectivity index (χ2v) is 6.84. The lowest BCUT2D eigenvalue weighted by molar-refractivity contribution is -0.892. The SMILES string of the molecule is Cc1ccc(NC(=O)C[NH+]2CCN(c3cccc(Cl)c3)CC2)cc1F. The summed E-state index contributed by atoms with van der Waals surface area (Å²) >= 11 is 6.05. The highest BCUT2D eigenvalue weighted by atomic mass is 35.5. The monoisotopic (exact) mass is 362 g/mol. The van der Waals surface area contributed by atoms with Gasteiger partial charge in [-0.05, 0) is 42.8 Å². The van der Waals surface area contributed by atoms with Gasteiger partial charge in [0.15, 0.2) is 6.54 Å². The van der Waals surface area contributed by atoms with Crippen LogP contribution < -0.4 is 15.1 Å². The van der Waals surface area contributed by atoms with E-state index in [-0.39, 0.29) is 11.7 Å². The van der Waals surface area contributed by atoms with Gasteiger partial charge in [-0.25, -0.2) is 4.39 Å². The summed E-state index contributed by atoms with van der Waals surface area (Å²) in [7, 11) is 0. The van der Waals surface area contributed by atoms with Gasteiger partial charge < -0.3 is 15.1 Å². The maximum atomic E-state index is 13.5. The first kappa shape index (κ1) is 17.7. The molecular formula is C19H22ClFN3O+. The number of anilines is 2. The van der Waals surface area contributed by atoms with Crippen molar-refractivity contribution in [1.82, 2.24) is 0 Å². The molecule has 0 saturated carbocycles. The highest BCUT2D eigenvalue weighted by molar-refractivity contribution is 6.30. The smallest absolute Gasteiger partial charge is 0.279 e. The van der Waals surface area contributed by atoms with E-state index in [1.54, 1.807) is 19.1 Å². The average Bonchev–Trinajstić information content (AvgIpc) is 2.59. The van der Waals surface area contributed by atoms with Crippen molar-refractivity contribution in [3.05, 3.63) is 58.9 Å². The second kappa shape index (κ2) is 7.85. The van der Waals surface area contributed by atoms with Crippen molar-refractivity contribution < 1.29 is 14.1 Å². The van der Waals surface area contributed by atoms with E-state index in [9.17, 15) is 9.18 Å². The Morgan fingerprint density at radius 3 is 2.68 bits per heavy atom. The minimum Gasteiger partial charge on any atom is -0.360 e. The van der Waals surface area contributed by atoms with Crippen molar-refractivity contribution in [3.8, 4) is 0 Å². The lowest BCUT2D eigenvalue weighted by Crippen LogP contribution is -3.15. The Kier molecular flexibility index (Phi) is 5.56. The zero-order valence-corrected chi connectivity index (χ0v) is 14.9. The summed E-state index contributed by atoms with van der Waals surface area (Å²) in [4.78, 5) is 15.7. The van der Waals surface area contributed by atoms with Gasteiger partial charge in [-0.3, -0.25) is 4.79 Å². The van der Waals surface area contributed by atoms with Gasteiger partial charge in [-0.2, -0.15) is 0 Å². The van der Waals surface area contributed by atoms with Gasteiger partial charge in [0.2, 0.25) is 0 Å². The third-order valence-electron chi connectivity index (χ3n) is 4.51. The van der Waals surface area contributed by atoms with Crippen molar-refractivity contribution in [2.24, 2.45) is 0 Å². The largest absolute Gasteiger partial charge is 0.360 e. The van der Waals surface area contributed by atoms with E-state index in [1.807, 2.05) is 18.2 Å². The molecule has 0 atom stereocenters. The number of hydrogen-bond donors (Lipinski definition) is 2. The number of rotatable bonds is 4. The van der Waals surface area contributed by atoms with Crippen LogP contribution in [0.5, 0.6) is 0 Å². The molecule has 1 aliphatic heterocycles. The fourth-order valence-corrected chi connectivity index (χ4v) is 3.22. The number of aryl methyl sites for hydroxylation is 1. The molecule has 1 amide bonds. The van der Waals surface area contributed by atoms with Crippen LogP contribution in [0.15, 0.2) is 42.5 Å². The van der Waals surface area contributed by atoms with Gasteiger partial charge >= 0.3 is 0 Å². The molecular weight excluding hydrogens is 341 g/mol. The molecule has 6 heteroatoms. The number of amides is 1. The lowest BCUT2D eigenvalue weighted by Gasteiger charge is -2.33.